The molecule has 0 spiro atoms. The highest BCUT2D eigenvalue weighted by Gasteiger charge is 2.11. The van der Waals surface area contributed by atoms with Crippen molar-refractivity contribution in [3.05, 3.63) is 47.9 Å². The van der Waals surface area contributed by atoms with Crippen LogP contribution in [0.5, 0.6) is 11.5 Å². The summed E-state index contributed by atoms with van der Waals surface area (Å²) in [5, 5.41) is 16.3. The van der Waals surface area contributed by atoms with Crippen LogP contribution in [0.4, 0.5) is 0 Å². The number of furan rings is 1. The van der Waals surface area contributed by atoms with Crippen LogP contribution >= 0.6 is 24.0 Å². The van der Waals surface area contributed by atoms with Crippen LogP contribution in [0.2, 0.25) is 0 Å². The third-order valence-corrected chi connectivity index (χ3v) is 3.55. The van der Waals surface area contributed by atoms with E-state index in [0.29, 0.717) is 42.9 Å². The van der Waals surface area contributed by atoms with Crippen LogP contribution in [0.1, 0.15) is 24.4 Å². The maximum Gasteiger partial charge on any atom is 0.191 e. The number of hydrogen-bond donors (Lipinski definition) is 3. The summed E-state index contributed by atoms with van der Waals surface area (Å²) in [7, 11) is 3.21. The van der Waals surface area contributed by atoms with E-state index in [9.17, 15) is 5.11 Å². The van der Waals surface area contributed by atoms with Gasteiger partial charge in [-0.3, -0.25) is 0 Å². The third kappa shape index (κ3) is 6.41. The summed E-state index contributed by atoms with van der Waals surface area (Å²) < 4.78 is 15.7. The zero-order chi connectivity index (χ0) is 18.1. The summed E-state index contributed by atoms with van der Waals surface area (Å²) in [5.74, 6) is 2.48. The average molecular weight is 475 g/mol. The van der Waals surface area contributed by atoms with Gasteiger partial charge in [-0.05, 0) is 36.8 Å². The normalized spacial score (nSPS) is 12.1. The molecular weight excluding hydrogens is 449 g/mol. The average Bonchev–Trinajstić information content (AvgIpc) is 3.18. The summed E-state index contributed by atoms with van der Waals surface area (Å²) in [6.07, 6.45) is 0.800. The lowest BCUT2D eigenvalue weighted by molar-refractivity contribution is 0.153. The number of ether oxygens (including phenoxy) is 2. The maximum atomic E-state index is 10.1. The number of hydrogen-bond acceptors (Lipinski definition) is 5. The van der Waals surface area contributed by atoms with Gasteiger partial charge in [-0.2, -0.15) is 0 Å². The van der Waals surface area contributed by atoms with Gasteiger partial charge in [0.25, 0.3) is 0 Å². The van der Waals surface area contributed by atoms with Gasteiger partial charge in [0, 0.05) is 6.54 Å². The molecule has 26 heavy (non-hydrogen) atoms. The van der Waals surface area contributed by atoms with Gasteiger partial charge < -0.3 is 29.6 Å². The van der Waals surface area contributed by atoms with Gasteiger partial charge in [-0.25, -0.2) is 4.99 Å². The molecule has 0 fully saturated rings. The van der Waals surface area contributed by atoms with Gasteiger partial charge in [-0.15, -0.1) is 24.0 Å². The molecule has 1 atom stereocenters. The quantitative estimate of drug-likeness (QED) is 0.309. The number of methoxy groups -OCH3 is 2. The number of guanidine groups is 1. The Bertz CT molecular complexity index is 677. The standard InChI is InChI=1S/C18H25N3O4.HI/c1-4-19-18(21-12-14(22)15-6-5-9-25-15)20-11-13-7-8-16(23-2)17(10-13)24-3;/h5-10,14,22H,4,11-12H2,1-3H3,(H2,19,20,21);1H. The first-order chi connectivity index (χ1) is 12.2. The molecule has 0 saturated heterocycles. The van der Waals surface area contributed by atoms with Crippen LogP contribution in [0.3, 0.4) is 0 Å². The molecule has 0 aliphatic carbocycles. The molecule has 1 aromatic carbocycles. The van der Waals surface area contributed by atoms with Crippen molar-refractivity contribution in [3.8, 4) is 11.5 Å². The van der Waals surface area contributed by atoms with Crippen molar-refractivity contribution < 1.29 is 19.0 Å². The van der Waals surface area contributed by atoms with Crippen molar-refractivity contribution in [2.75, 3.05) is 27.3 Å². The highest BCUT2D eigenvalue weighted by Crippen LogP contribution is 2.27. The van der Waals surface area contributed by atoms with E-state index in [1.165, 1.54) is 6.26 Å². The molecule has 1 aromatic heterocycles. The summed E-state index contributed by atoms with van der Waals surface area (Å²) in [6, 6.07) is 9.16. The van der Waals surface area contributed by atoms with Crippen LogP contribution in [-0.4, -0.2) is 38.4 Å². The third-order valence-electron chi connectivity index (χ3n) is 3.55. The van der Waals surface area contributed by atoms with E-state index in [1.54, 1.807) is 26.4 Å². The number of nitrogens with one attached hydrogen (secondary N) is 2. The Hall–Kier alpha value is -1.94. The predicted molar refractivity (Wildman–Crippen MR) is 111 cm³/mol. The Labute approximate surface area is 170 Å². The molecule has 7 nitrogen and oxygen atoms in total. The van der Waals surface area contributed by atoms with E-state index < -0.39 is 6.10 Å². The molecule has 2 aromatic rings. The van der Waals surface area contributed by atoms with E-state index in [1.807, 2.05) is 25.1 Å². The fourth-order valence-corrected chi connectivity index (χ4v) is 2.27. The lowest BCUT2D eigenvalue weighted by Crippen LogP contribution is -2.39. The predicted octanol–water partition coefficient (Wildman–Crippen LogP) is 2.70. The summed E-state index contributed by atoms with van der Waals surface area (Å²) in [6.45, 7) is 3.46. The van der Waals surface area contributed by atoms with Gasteiger partial charge in [0.2, 0.25) is 0 Å². The smallest absolute Gasteiger partial charge is 0.191 e. The first kappa shape index (κ1) is 22.1. The maximum absolute atomic E-state index is 10.1. The minimum atomic E-state index is -0.736. The SMILES string of the molecule is CCNC(=NCc1ccc(OC)c(OC)c1)NCC(O)c1ccco1.I. The molecule has 0 aliphatic rings. The molecule has 0 aliphatic heterocycles. The van der Waals surface area contributed by atoms with Gasteiger partial charge in [0.1, 0.15) is 11.9 Å². The van der Waals surface area contributed by atoms with Gasteiger partial charge in [0.15, 0.2) is 17.5 Å². The second kappa shape index (κ2) is 11.6. The second-order valence-corrected chi connectivity index (χ2v) is 5.30. The Morgan fingerprint density at radius 2 is 1.96 bits per heavy atom. The minimum Gasteiger partial charge on any atom is -0.493 e. The second-order valence-electron chi connectivity index (χ2n) is 5.30. The number of rotatable bonds is 8. The zero-order valence-corrected chi connectivity index (χ0v) is 17.5. The molecule has 1 unspecified atom stereocenters. The van der Waals surface area contributed by atoms with Crippen molar-refractivity contribution in [2.24, 2.45) is 4.99 Å². The lowest BCUT2D eigenvalue weighted by atomic mass is 10.2. The number of aliphatic hydroxyl groups excluding tert-OH is 1. The summed E-state index contributed by atoms with van der Waals surface area (Å²) >= 11 is 0. The fraction of sp³-hybridized carbons (Fsp3) is 0.389. The lowest BCUT2D eigenvalue weighted by Gasteiger charge is -2.14. The van der Waals surface area contributed by atoms with Crippen molar-refractivity contribution in [2.45, 2.75) is 19.6 Å². The highest BCUT2D eigenvalue weighted by molar-refractivity contribution is 14.0. The van der Waals surface area contributed by atoms with Crippen molar-refractivity contribution in [1.82, 2.24) is 10.6 Å². The molecule has 1 heterocycles. The number of nitrogens with zero attached hydrogens (tertiary/aromatic N) is 1. The van der Waals surface area contributed by atoms with E-state index in [-0.39, 0.29) is 24.0 Å². The van der Waals surface area contributed by atoms with Gasteiger partial charge in [0.05, 0.1) is 33.6 Å². The van der Waals surface area contributed by atoms with E-state index in [4.69, 9.17) is 13.9 Å². The van der Waals surface area contributed by atoms with E-state index in [2.05, 4.69) is 15.6 Å². The van der Waals surface area contributed by atoms with Crippen LogP contribution in [0.15, 0.2) is 46.0 Å². The monoisotopic (exact) mass is 475 g/mol. The molecule has 2 rings (SSSR count). The molecule has 8 heteroatoms. The zero-order valence-electron chi connectivity index (χ0n) is 15.2. The molecule has 3 N–H and O–H groups in total. The largest absolute Gasteiger partial charge is 0.493 e. The Kier molecular flexibility index (Phi) is 9.89. The first-order valence-corrected chi connectivity index (χ1v) is 8.12. The molecule has 0 saturated carbocycles. The highest BCUT2D eigenvalue weighted by atomic mass is 127. The van der Waals surface area contributed by atoms with Crippen LogP contribution in [0.25, 0.3) is 0 Å². The number of benzene rings is 1. The topological polar surface area (TPSA) is 88.3 Å². The van der Waals surface area contributed by atoms with Crippen LogP contribution < -0.4 is 20.1 Å². The fourth-order valence-electron chi connectivity index (χ4n) is 2.27. The van der Waals surface area contributed by atoms with Crippen molar-refractivity contribution in [1.29, 1.82) is 0 Å². The number of aliphatic imine (C=N–C) groups is 1. The molecule has 0 radical (unpaired) electrons. The molecule has 144 valence electrons. The number of halogens is 1. The Morgan fingerprint density at radius 3 is 2.58 bits per heavy atom. The van der Waals surface area contributed by atoms with Crippen LogP contribution in [-0.2, 0) is 6.54 Å². The molecule has 0 amide bonds. The van der Waals surface area contributed by atoms with E-state index in [0.717, 1.165) is 5.56 Å². The minimum absolute atomic E-state index is 0. The first-order valence-electron chi connectivity index (χ1n) is 8.12. The number of aliphatic hydroxyl groups is 1. The van der Waals surface area contributed by atoms with E-state index >= 15 is 0 Å². The molecular formula is C18H26IN3O4. The van der Waals surface area contributed by atoms with Crippen molar-refractivity contribution in [3.63, 3.8) is 0 Å². The van der Waals surface area contributed by atoms with Gasteiger partial charge >= 0.3 is 0 Å². The van der Waals surface area contributed by atoms with Crippen LogP contribution in [0, 0.1) is 0 Å². The molecule has 0 bridgehead atoms. The Balaban J connectivity index is 0.00000338. The summed E-state index contributed by atoms with van der Waals surface area (Å²) in [4.78, 5) is 4.52. The summed E-state index contributed by atoms with van der Waals surface area (Å²) in [5.41, 5.74) is 0.987. The van der Waals surface area contributed by atoms with Gasteiger partial charge in [-0.1, -0.05) is 6.07 Å². The van der Waals surface area contributed by atoms with Crippen molar-refractivity contribution >= 4 is 29.9 Å². The Morgan fingerprint density at radius 1 is 1.19 bits per heavy atom.